The lowest BCUT2D eigenvalue weighted by molar-refractivity contribution is -0.120. The molecule has 0 heterocycles. The van der Waals surface area contributed by atoms with Gasteiger partial charge < -0.3 is 10.1 Å². The molecule has 0 fully saturated rings. The van der Waals surface area contributed by atoms with Gasteiger partial charge in [-0.2, -0.15) is 0 Å². The van der Waals surface area contributed by atoms with Crippen LogP contribution in [0.5, 0.6) is 0 Å². The quantitative estimate of drug-likeness (QED) is 0.889. The van der Waals surface area contributed by atoms with Gasteiger partial charge in [-0.25, -0.2) is 0 Å². The first kappa shape index (κ1) is 12.3. The van der Waals surface area contributed by atoms with Gasteiger partial charge in [0.2, 0.25) is 5.91 Å². The van der Waals surface area contributed by atoms with Gasteiger partial charge in [0.05, 0.1) is 0 Å². The molecule has 1 aromatic rings. The van der Waals surface area contributed by atoms with Crippen LogP contribution in [0, 0.1) is 0 Å². The average Bonchev–Trinajstić information content (AvgIpc) is 2.13. The van der Waals surface area contributed by atoms with Crippen molar-refractivity contribution in [3.63, 3.8) is 0 Å². The molecule has 0 aliphatic heterocycles. The van der Waals surface area contributed by atoms with E-state index in [0.29, 0.717) is 22.3 Å². The topological polar surface area (TPSA) is 38.3 Å². The molecule has 0 unspecified atom stereocenters. The van der Waals surface area contributed by atoms with E-state index >= 15 is 0 Å². The third-order valence-electron chi connectivity index (χ3n) is 1.58. The van der Waals surface area contributed by atoms with E-state index in [0.717, 1.165) is 0 Å². The van der Waals surface area contributed by atoms with Crippen LogP contribution in [-0.2, 0) is 9.53 Å². The molecule has 0 aromatic heterocycles. The maximum atomic E-state index is 11.3. The summed E-state index contributed by atoms with van der Waals surface area (Å²) in [5, 5.41) is 3.59. The van der Waals surface area contributed by atoms with E-state index in [2.05, 4.69) is 5.32 Å². The molecule has 0 spiro atoms. The Kier molecular flexibility index (Phi) is 4.88. The van der Waals surface area contributed by atoms with Gasteiger partial charge in [-0.1, -0.05) is 23.2 Å². The van der Waals surface area contributed by atoms with E-state index in [-0.39, 0.29) is 12.5 Å². The largest absolute Gasteiger partial charge is 0.372 e. The van der Waals surface area contributed by atoms with Crippen LogP contribution in [0.15, 0.2) is 18.2 Å². The van der Waals surface area contributed by atoms with Crippen molar-refractivity contribution in [1.82, 2.24) is 0 Å². The number of nitrogens with one attached hydrogen (secondary N) is 1. The fourth-order valence-electron chi connectivity index (χ4n) is 1.02. The second-order valence-electron chi connectivity index (χ2n) is 2.84. The fourth-order valence-corrected chi connectivity index (χ4v) is 1.54. The normalized spacial score (nSPS) is 10.1. The lowest BCUT2D eigenvalue weighted by atomic mass is 10.3. The van der Waals surface area contributed by atoms with Crippen LogP contribution in [0.1, 0.15) is 6.92 Å². The molecular formula is C10H11Cl2NO2. The molecule has 0 aliphatic rings. The summed E-state index contributed by atoms with van der Waals surface area (Å²) in [6, 6.07) is 4.84. The SMILES string of the molecule is CCOCC(=O)Nc1cc(Cl)cc(Cl)c1. The minimum atomic E-state index is -0.227. The van der Waals surface area contributed by atoms with Gasteiger partial charge >= 0.3 is 0 Å². The maximum absolute atomic E-state index is 11.3. The van der Waals surface area contributed by atoms with Crippen LogP contribution in [0.25, 0.3) is 0 Å². The van der Waals surface area contributed by atoms with Crippen molar-refractivity contribution in [2.75, 3.05) is 18.5 Å². The van der Waals surface area contributed by atoms with E-state index in [1.807, 2.05) is 6.92 Å². The van der Waals surface area contributed by atoms with Gasteiger partial charge in [0, 0.05) is 22.3 Å². The third kappa shape index (κ3) is 4.51. The van der Waals surface area contributed by atoms with Gasteiger partial charge in [-0.05, 0) is 25.1 Å². The van der Waals surface area contributed by atoms with Crippen molar-refractivity contribution in [3.05, 3.63) is 28.2 Å². The van der Waals surface area contributed by atoms with Crippen molar-refractivity contribution < 1.29 is 9.53 Å². The summed E-state index contributed by atoms with van der Waals surface area (Å²) in [6.45, 7) is 2.36. The molecule has 0 saturated heterocycles. The van der Waals surface area contributed by atoms with Gasteiger partial charge in [-0.3, -0.25) is 4.79 Å². The highest BCUT2D eigenvalue weighted by atomic mass is 35.5. The molecule has 1 aromatic carbocycles. The zero-order valence-corrected chi connectivity index (χ0v) is 9.73. The Morgan fingerprint density at radius 2 is 1.93 bits per heavy atom. The Morgan fingerprint density at radius 1 is 1.33 bits per heavy atom. The highest BCUT2D eigenvalue weighted by molar-refractivity contribution is 6.35. The van der Waals surface area contributed by atoms with Gasteiger partial charge in [0.1, 0.15) is 6.61 Å². The van der Waals surface area contributed by atoms with Crippen molar-refractivity contribution in [2.45, 2.75) is 6.92 Å². The van der Waals surface area contributed by atoms with Gasteiger partial charge in [0.25, 0.3) is 0 Å². The number of hydrogen-bond acceptors (Lipinski definition) is 2. The summed E-state index contributed by atoms with van der Waals surface area (Å²) in [5.41, 5.74) is 0.567. The third-order valence-corrected chi connectivity index (χ3v) is 2.02. The standard InChI is InChI=1S/C10H11Cl2NO2/c1-2-15-6-10(14)13-9-4-7(11)3-8(12)5-9/h3-5H,2,6H2,1H3,(H,13,14). The zero-order valence-electron chi connectivity index (χ0n) is 8.22. The van der Waals surface area contributed by atoms with Crippen LogP contribution in [0.4, 0.5) is 5.69 Å². The summed E-state index contributed by atoms with van der Waals surface area (Å²) in [6.07, 6.45) is 0. The van der Waals surface area contributed by atoms with E-state index in [1.165, 1.54) is 0 Å². The van der Waals surface area contributed by atoms with E-state index in [9.17, 15) is 4.79 Å². The Balaban J connectivity index is 2.60. The Bertz CT molecular complexity index is 335. The lowest BCUT2D eigenvalue weighted by Crippen LogP contribution is -2.18. The highest BCUT2D eigenvalue weighted by Crippen LogP contribution is 2.22. The molecule has 15 heavy (non-hydrogen) atoms. The summed E-state index contributed by atoms with van der Waals surface area (Å²) in [4.78, 5) is 11.3. The van der Waals surface area contributed by atoms with Gasteiger partial charge in [0.15, 0.2) is 0 Å². The second-order valence-corrected chi connectivity index (χ2v) is 3.72. The van der Waals surface area contributed by atoms with Crippen molar-refractivity contribution in [2.24, 2.45) is 0 Å². The summed E-state index contributed by atoms with van der Waals surface area (Å²) in [5.74, 6) is -0.227. The molecule has 82 valence electrons. The van der Waals surface area contributed by atoms with E-state index in [4.69, 9.17) is 27.9 Å². The first-order valence-corrected chi connectivity index (χ1v) is 5.21. The first-order chi connectivity index (χ1) is 7.11. The Morgan fingerprint density at radius 3 is 2.47 bits per heavy atom. The molecule has 0 aliphatic carbocycles. The summed E-state index contributed by atoms with van der Waals surface area (Å²) < 4.78 is 4.95. The van der Waals surface area contributed by atoms with E-state index in [1.54, 1.807) is 18.2 Å². The molecular weight excluding hydrogens is 237 g/mol. The monoisotopic (exact) mass is 247 g/mol. The fraction of sp³-hybridized carbons (Fsp3) is 0.300. The number of ether oxygens (including phenoxy) is 1. The summed E-state index contributed by atoms with van der Waals surface area (Å²) >= 11 is 11.5. The number of anilines is 1. The van der Waals surface area contributed by atoms with Crippen LogP contribution in [0.3, 0.4) is 0 Å². The molecule has 1 amide bonds. The van der Waals surface area contributed by atoms with Crippen molar-refractivity contribution in [3.8, 4) is 0 Å². The Hall–Kier alpha value is -0.770. The number of rotatable bonds is 4. The van der Waals surface area contributed by atoms with Crippen LogP contribution >= 0.6 is 23.2 Å². The smallest absolute Gasteiger partial charge is 0.250 e. The van der Waals surface area contributed by atoms with Crippen LogP contribution in [0.2, 0.25) is 10.0 Å². The second kappa shape index (κ2) is 5.95. The number of carbonyl (C=O) groups is 1. The van der Waals surface area contributed by atoms with Crippen molar-refractivity contribution >= 4 is 34.8 Å². The molecule has 0 radical (unpaired) electrons. The highest BCUT2D eigenvalue weighted by Gasteiger charge is 2.03. The molecule has 0 bridgehead atoms. The zero-order chi connectivity index (χ0) is 11.3. The lowest BCUT2D eigenvalue weighted by Gasteiger charge is -2.06. The number of amides is 1. The summed E-state index contributed by atoms with van der Waals surface area (Å²) in [7, 11) is 0. The van der Waals surface area contributed by atoms with Gasteiger partial charge in [-0.15, -0.1) is 0 Å². The predicted molar refractivity (Wildman–Crippen MR) is 61.6 cm³/mol. The maximum Gasteiger partial charge on any atom is 0.250 e. The first-order valence-electron chi connectivity index (χ1n) is 4.45. The number of benzene rings is 1. The molecule has 1 rings (SSSR count). The number of hydrogen-bond donors (Lipinski definition) is 1. The molecule has 0 atom stereocenters. The molecule has 1 N–H and O–H groups in total. The number of carbonyl (C=O) groups excluding carboxylic acids is 1. The van der Waals surface area contributed by atoms with Crippen molar-refractivity contribution in [1.29, 1.82) is 0 Å². The average molecular weight is 248 g/mol. The molecule has 3 nitrogen and oxygen atoms in total. The predicted octanol–water partition coefficient (Wildman–Crippen LogP) is 2.97. The molecule has 0 saturated carbocycles. The minimum absolute atomic E-state index is 0.0284. The number of halogens is 2. The van der Waals surface area contributed by atoms with Crippen LogP contribution in [-0.4, -0.2) is 19.1 Å². The Labute approximate surface area is 98.3 Å². The van der Waals surface area contributed by atoms with Crippen LogP contribution < -0.4 is 5.32 Å². The molecule has 5 heteroatoms. The minimum Gasteiger partial charge on any atom is -0.372 e. The van der Waals surface area contributed by atoms with E-state index < -0.39 is 0 Å².